The Morgan fingerprint density at radius 1 is 1.48 bits per heavy atom. The second kappa shape index (κ2) is 7.30. The van der Waals surface area contributed by atoms with E-state index >= 15 is 0 Å². The maximum atomic E-state index is 12.3. The number of amides is 1. The van der Waals surface area contributed by atoms with Gasteiger partial charge in [0.25, 0.3) is 5.91 Å². The van der Waals surface area contributed by atoms with Crippen LogP contribution in [0.1, 0.15) is 29.9 Å². The molecular weight excluding hydrogens is 310 g/mol. The lowest BCUT2D eigenvalue weighted by atomic mass is 9.96. The third-order valence-electron chi connectivity index (χ3n) is 3.39. The molecule has 1 aliphatic rings. The zero-order chi connectivity index (χ0) is 16.9. The molecule has 1 unspecified atom stereocenters. The topological polar surface area (TPSA) is 55.4 Å². The zero-order valence-electron chi connectivity index (χ0n) is 13.2. The summed E-state index contributed by atoms with van der Waals surface area (Å²) < 4.78 is 5.69. The molecular formula is C18H19NO3S. The minimum absolute atomic E-state index is 0.0788. The van der Waals surface area contributed by atoms with E-state index in [1.165, 1.54) is 11.3 Å². The number of thiophene rings is 1. The van der Waals surface area contributed by atoms with Crippen molar-refractivity contribution in [3.05, 3.63) is 40.6 Å². The van der Waals surface area contributed by atoms with Gasteiger partial charge >= 0.3 is 0 Å². The van der Waals surface area contributed by atoms with Crippen LogP contribution in [0.4, 0.5) is 0 Å². The Kier molecular flexibility index (Phi) is 5.41. The van der Waals surface area contributed by atoms with Crippen LogP contribution in [0.2, 0.25) is 0 Å². The maximum absolute atomic E-state index is 12.3. The fraction of sp³-hybridized carbons (Fsp3) is 0.333. The van der Waals surface area contributed by atoms with Gasteiger partial charge in [0.2, 0.25) is 0 Å². The van der Waals surface area contributed by atoms with Crippen LogP contribution in [-0.2, 0) is 4.79 Å². The number of terminal acetylenes is 1. The minimum Gasteiger partial charge on any atom is -0.492 e. The van der Waals surface area contributed by atoms with Gasteiger partial charge in [0, 0.05) is 5.92 Å². The number of nitrogens with one attached hydrogen (secondary N) is 1. The van der Waals surface area contributed by atoms with Crippen molar-refractivity contribution in [3.8, 4) is 18.1 Å². The van der Waals surface area contributed by atoms with Crippen molar-refractivity contribution in [1.29, 1.82) is 0 Å². The fourth-order valence-corrected chi connectivity index (χ4v) is 2.78. The average Bonchev–Trinajstić information content (AvgIpc) is 2.97. The van der Waals surface area contributed by atoms with E-state index in [1.54, 1.807) is 37.4 Å². The number of hydrogen-bond donors (Lipinski definition) is 1. The lowest BCUT2D eigenvalue weighted by molar-refractivity contribution is -0.117. The first-order chi connectivity index (χ1) is 10.9. The molecule has 1 N–H and O–H groups in total. The molecule has 0 radical (unpaired) electrons. The SMILES string of the molecule is C#CC(C)(C)NC(=O)c1sccc1OCCC1C=CC=CC1=O. The van der Waals surface area contributed by atoms with E-state index in [1.807, 2.05) is 12.2 Å². The predicted octanol–water partition coefficient (Wildman–Crippen LogP) is 2.97. The number of ether oxygens (including phenoxy) is 1. The van der Waals surface area contributed by atoms with Gasteiger partial charge in [0.15, 0.2) is 5.78 Å². The van der Waals surface area contributed by atoms with E-state index in [0.717, 1.165) is 0 Å². The van der Waals surface area contributed by atoms with E-state index in [-0.39, 0.29) is 17.6 Å². The average molecular weight is 329 g/mol. The molecule has 1 aliphatic carbocycles. The standard InChI is InChI=1S/C18H19NO3S/c1-4-18(2,3)19-17(21)16-15(10-12-23-16)22-11-9-13-7-5-6-8-14(13)20/h1,5-8,10,12-13H,9,11H2,2-3H3,(H,19,21). The minimum atomic E-state index is -0.718. The number of allylic oxidation sites excluding steroid dienone is 4. The van der Waals surface area contributed by atoms with Gasteiger partial charge in [-0.15, -0.1) is 17.8 Å². The van der Waals surface area contributed by atoms with Crippen LogP contribution in [-0.4, -0.2) is 23.8 Å². The summed E-state index contributed by atoms with van der Waals surface area (Å²) in [4.78, 5) is 24.4. The van der Waals surface area contributed by atoms with Gasteiger partial charge in [-0.25, -0.2) is 0 Å². The fourth-order valence-electron chi connectivity index (χ4n) is 2.05. The van der Waals surface area contributed by atoms with Gasteiger partial charge in [-0.3, -0.25) is 9.59 Å². The second-order valence-electron chi connectivity index (χ2n) is 5.73. The molecule has 1 atom stereocenters. The van der Waals surface area contributed by atoms with E-state index in [2.05, 4.69) is 11.2 Å². The van der Waals surface area contributed by atoms with Gasteiger partial charge in [-0.1, -0.05) is 24.1 Å². The number of ketones is 1. The second-order valence-corrected chi connectivity index (χ2v) is 6.64. The summed E-state index contributed by atoms with van der Waals surface area (Å²) in [6.45, 7) is 3.88. The predicted molar refractivity (Wildman–Crippen MR) is 91.6 cm³/mol. The smallest absolute Gasteiger partial charge is 0.266 e. The van der Waals surface area contributed by atoms with Gasteiger partial charge in [-0.2, -0.15) is 0 Å². The van der Waals surface area contributed by atoms with Crippen molar-refractivity contribution < 1.29 is 14.3 Å². The molecule has 1 aromatic heterocycles. The molecule has 1 amide bonds. The largest absolute Gasteiger partial charge is 0.492 e. The van der Waals surface area contributed by atoms with Crippen LogP contribution < -0.4 is 10.1 Å². The first-order valence-electron chi connectivity index (χ1n) is 7.32. The third-order valence-corrected chi connectivity index (χ3v) is 4.28. The number of hydrogen-bond acceptors (Lipinski definition) is 4. The summed E-state index contributed by atoms with van der Waals surface area (Å²) in [6, 6.07) is 1.75. The summed E-state index contributed by atoms with van der Waals surface area (Å²) in [6.07, 6.45) is 13.0. The summed E-state index contributed by atoms with van der Waals surface area (Å²) in [7, 11) is 0. The Hall–Kier alpha value is -2.32. The van der Waals surface area contributed by atoms with Crippen LogP contribution in [0.15, 0.2) is 35.8 Å². The molecule has 0 aromatic carbocycles. The highest BCUT2D eigenvalue weighted by atomic mass is 32.1. The summed E-state index contributed by atoms with van der Waals surface area (Å²) in [5.41, 5.74) is -0.718. The Bertz CT molecular complexity index is 691. The highest BCUT2D eigenvalue weighted by Crippen LogP contribution is 2.26. The summed E-state index contributed by atoms with van der Waals surface area (Å²) >= 11 is 1.30. The number of carbonyl (C=O) groups excluding carboxylic acids is 2. The Morgan fingerprint density at radius 3 is 2.96 bits per heavy atom. The van der Waals surface area contributed by atoms with Crippen molar-refractivity contribution >= 4 is 23.0 Å². The van der Waals surface area contributed by atoms with Gasteiger partial charge in [-0.05, 0) is 37.8 Å². The molecule has 5 heteroatoms. The normalized spacial score (nSPS) is 16.9. The zero-order valence-corrected chi connectivity index (χ0v) is 14.0. The lowest BCUT2D eigenvalue weighted by Crippen LogP contribution is -2.41. The third kappa shape index (κ3) is 4.57. The van der Waals surface area contributed by atoms with Crippen molar-refractivity contribution in [2.75, 3.05) is 6.61 Å². The molecule has 1 heterocycles. The monoisotopic (exact) mass is 329 g/mol. The molecule has 4 nitrogen and oxygen atoms in total. The van der Waals surface area contributed by atoms with E-state index in [9.17, 15) is 9.59 Å². The summed E-state index contributed by atoms with van der Waals surface area (Å²) in [5, 5.41) is 4.57. The Morgan fingerprint density at radius 2 is 2.26 bits per heavy atom. The first kappa shape index (κ1) is 17.0. The van der Waals surface area contributed by atoms with Gasteiger partial charge < -0.3 is 10.1 Å². The lowest BCUT2D eigenvalue weighted by Gasteiger charge is -2.19. The number of carbonyl (C=O) groups is 2. The maximum Gasteiger partial charge on any atom is 0.266 e. The molecule has 0 aliphatic heterocycles. The van der Waals surface area contributed by atoms with Crippen molar-refractivity contribution in [3.63, 3.8) is 0 Å². The summed E-state index contributed by atoms with van der Waals surface area (Å²) in [5.74, 6) is 2.71. The van der Waals surface area contributed by atoms with Crippen LogP contribution >= 0.6 is 11.3 Å². The molecule has 23 heavy (non-hydrogen) atoms. The van der Waals surface area contributed by atoms with E-state index < -0.39 is 5.54 Å². The highest BCUT2D eigenvalue weighted by Gasteiger charge is 2.22. The van der Waals surface area contributed by atoms with E-state index in [4.69, 9.17) is 11.2 Å². The van der Waals surface area contributed by atoms with Crippen molar-refractivity contribution in [1.82, 2.24) is 5.32 Å². The van der Waals surface area contributed by atoms with Gasteiger partial charge in [0.1, 0.15) is 10.6 Å². The van der Waals surface area contributed by atoms with Crippen molar-refractivity contribution in [2.45, 2.75) is 25.8 Å². The van der Waals surface area contributed by atoms with Gasteiger partial charge in [0.05, 0.1) is 12.1 Å². The number of rotatable bonds is 6. The van der Waals surface area contributed by atoms with E-state index in [0.29, 0.717) is 23.7 Å². The Labute approximate surface area is 140 Å². The molecule has 2 rings (SSSR count). The van der Waals surface area contributed by atoms with Crippen molar-refractivity contribution in [2.24, 2.45) is 5.92 Å². The molecule has 0 spiro atoms. The van der Waals surface area contributed by atoms with Crippen LogP contribution in [0.5, 0.6) is 5.75 Å². The quantitative estimate of drug-likeness (QED) is 0.816. The molecule has 0 bridgehead atoms. The molecule has 0 saturated carbocycles. The first-order valence-corrected chi connectivity index (χ1v) is 8.20. The molecule has 0 fully saturated rings. The van der Waals surface area contributed by atoms with Crippen LogP contribution in [0.25, 0.3) is 0 Å². The molecule has 0 saturated heterocycles. The molecule has 120 valence electrons. The van der Waals surface area contributed by atoms with Crippen LogP contribution in [0.3, 0.4) is 0 Å². The molecule has 1 aromatic rings. The van der Waals surface area contributed by atoms with Crippen LogP contribution in [0, 0.1) is 18.3 Å². The highest BCUT2D eigenvalue weighted by molar-refractivity contribution is 7.12. The Balaban J connectivity index is 1.92.